The van der Waals surface area contributed by atoms with Gasteiger partial charge in [0, 0.05) is 64.6 Å². The van der Waals surface area contributed by atoms with Gasteiger partial charge in [-0.05, 0) is 18.2 Å². The van der Waals surface area contributed by atoms with Crippen LogP contribution in [0.2, 0.25) is 0 Å². The van der Waals surface area contributed by atoms with Gasteiger partial charge in [-0.2, -0.15) is 4.98 Å². The molecule has 0 aliphatic rings. The van der Waals surface area contributed by atoms with E-state index in [1.54, 1.807) is 14.2 Å². The number of benzene rings is 1. The average molecular weight is 607 g/mol. The number of sulfone groups is 1. The van der Waals surface area contributed by atoms with E-state index in [1.807, 2.05) is 18.2 Å². The van der Waals surface area contributed by atoms with Gasteiger partial charge in [0.1, 0.15) is 0 Å². The molecule has 0 bridgehead atoms. The molecular formula is C27H38N6O8S. The Balaban J connectivity index is 1.87. The fourth-order valence-corrected chi connectivity index (χ4v) is 4.87. The molecular weight excluding hydrogens is 568 g/mol. The monoisotopic (exact) mass is 606 g/mol. The standard InChI is InChI=1S/C27H38N6O8S/c1-31-23-24(30-26(31)42(5,36)37)33(27(35)32(2)25(23)34)10-6-7-20-17-21(28-8-11-40-15-13-38-3)19-22(18-20)29-9-12-41-16-14-39-4/h17-19,28-29H,8-16H2,1-5H3. The first-order valence-corrected chi connectivity index (χ1v) is 15.1. The second kappa shape index (κ2) is 15.5. The molecule has 3 rings (SSSR count). The molecule has 15 heteroatoms. The van der Waals surface area contributed by atoms with Crippen LogP contribution in [0.3, 0.4) is 0 Å². The van der Waals surface area contributed by atoms with E-state index in [-0.39, 0.29) is 22.9 Å². The Bertz CT molecular complexity index is 1610. The number of anilines is 2. The lowest BCUT2D eigenvalue weighted by Gasteiger charge is -2.12. The normalized spacial score (nSPS) is 11.5. The van der Waals surface area contributed by atoms with Crippen molar-refractivity contribution >= 4 is 32.4 Å². The van der Waals surface area contributed by atoms with E-state index < -0.39 is 21.1 Å². The zero-order valence-electron chi connectivity index (χ0n) is 24.6. The molecule has 2 N–H and O–H groups in total. The molecule has 42 heavy (non-hydrogen) atoms. The summed E-state index contributed by atoms with van der Waals surface area (Å²) in [4.78, 5) is 29.8. The SMILES string of the molecule is COCCOCCNc1cc(C#CCn2c(=O)n(C)c(=O)c3c2nc(S(C)(=O)=O)n3C)cc(NCCOCCOC)c1. The summed E-state index contributed by atoms with van der Waals surface area (Å²) >= 11 is 0. The zero-order valence-corrected chi connectivity index (χ0v) is 25.4. The lowest BCUT2D eigenvalue weighted by molar-refractivity contribution is 0.0759. The van der Waals surface area contributed by atoms with E-state index in [1.165, 1.54) is 23.2 Å². The minimum absolute atomic E-state index is 0.00237. The molecule has 2 aromatic heterocycles. The summed E-state index contributed by atoms with van der Waals surface area (Å²) < 4.78 is 48.7. The lowest BCUT2D eigenvalue weighted by Crippen LogP contribution is -2.38. The van der Waals surface area contributed by atoms with Gasteiger partial charge < -0.3 is 34.1 Å². The van der Waals surface area contributed by atoms with E-state index in [9.17, 15) is 18.0 Å². The van der Waals surface area contributed by atoms with Gasteiger partial charge in [0.15, 0.2) is 11.2 Å². The van der Waals surface area contributed by atoms with E-state index in [4.69, 9.17) is 18.9 Å². The Morgan fingerprint density at radius 3 is 1.95 bits per heavy atom. The van der Waals surface area contributed by atoms with Crippen molar-refractivity contribution in [1.29, 1.82) is 0 Å². The molecule has 0 aliphatic carbocycles. The molecule has 1 aromatic carbocycles. The van der Waals surface area contributed by atoms with Gasteiger partial charge in [0.25, 0.3) is 5.56 Å². The molecule has 14 nitrogen and oxygen atoms in total. The first-order chi connectivity index (χ1) is 20.1. The Morgan fingerprint density at radius 2 is 1.43 bits per heavy atom. The number of imidazole rings is 1. The minimum atomic E-state index is -3.75. The van der Waals surface area contributed by atoms with Crippen LogP contribution in [0, 0.1) is 11.8 Å². The van der Waals surface area contributed by atoms with Gasteiger partial charge in [-0.15, -0.1) is 0 Å². The highest BCUT2D eigenvalue weighted by atomic mass is 32.2. The van der Waals surface area contributed by atoms with Crippen molar-refractivity contribution in [2.75, 3.05) is 83.8 Å². The number of aryl methyl sites for hydroxylation is 1. The largest absolute Gasteiger partial charge is 0.383 e. The molecule has 2 heterocycles. The Hall–Kier alpha value is -3.68. The van der Waals surface area contributed by atoms with Crippen LogP contribution in [0.5, 0.6) is 0 Å². The Kier molecular flexibility index (Phi) is 12.1. The number of nitrogens with one attached hydrogen (secondary N) is 2. The number of aromatic nitrogens is 4. The number of fused-ring (bicyclic) bond motifs is 1. The van der Waals surface area contributed by atoms with Crippen molar-refractivity contribution in [3.63, 3.8) is 0 Å². The Labute approximate surface area is 244 Å². The van der Waals surface area contributed by atoms with E-state index >= 15 is 0 Å². The molecule has 0 aliphatic heterocycles. The predicted octanol–water partition coefficient (Wildman–Crippen LogP) is 0.0387. The van der Waals surface area contributed by atoms with Crippen molar-refractivity contribution in [2.24, 2.45) is 14.1 Å². The molecule has 230 valence electrons. The summed E-state index contributed by atoms with van der Waals surface area (Å²) in [5.74, 6) is 6.03. The predicted molar refractivity (Wildman–Crippen MR) is 159 cm³/mol. The zero-order chi connectivity index (χ0) is 30.7. The van der Waals surface area contributed by atoms with Gasteiger partial charge in [-0.1, -0.05) is 11.8 Å². The second-order valence-corrected chi connectivity index (χ2v) is 11.2. The summed E-state index contributed by atoms with van der Waals surface area (Å²) in [5, 5.41) is 6.32. The fourth-order valence-electron chi connectivity index (χ4n) is 4.03. The maximum absolute atomic E-state index is 12.9. The highest BCUT2D eigenvalue weighted by molar-refractivity contribution is 7.90. The third-order valence-corrected chi connectivity index (χ3v) is 7.09. The van der Waals surface area contributed by atoms with Crippen molar-refractivity contribution in [3.05, 3.63) is 44.6 Å². The maximum Gasteiger partial charge on any atom is 0.333 e. The second-order valence-electron chi connectivity index (χ2n) is 9.30. The van der Waals surface area contributed by atoms with Gasteiger partial charge in [0.2, 0.25) is 15.0 Å². The highest BCUT2D eigenvalue weighted by Gasteiger charge is 2.23. The summed E-state index contributed by atoms with van der Waals surface area (Å²) in [6.07, 6.45) is 0.991. The smallest absolute Gasteiger partial charge is 0.333 e. The van der Waals surface area contributed by atoms with Crippen molar-refractivity contribution < 1.29 is 27.4 Å². The number of hydrogen-bond acceptors (Lipinski definition) is 11. The summed E-state index contributed by atoms with van der Waals surface area (Å²) in [6, 6.07) is 5.67. The van der Waals surface area contributed by atoms with Crippen molar-refractivity contribution in [1.82, 2.24) is 18.7 Å². The quantitative estimate of drug-likeness (QED) is 0.168. The summed E-state index contributed by atoms with van der Waals surface area (Å²) in [6.45, 7) is 4.02. The van der Waals surface area contributed by atoms with Crippen LogP contribution in [0.15, 0.2) is 32.9 Å². The van der Waals surface area contributed by atoms with Crippen LogP contribution in [0.25, 0.3) is 11.2 Å². The van der Waals surface area contributed by atoms with Crippen molar-refractivity contribution in [3.8, 4) is 11.8 Å². The third kappa shape index (κ3) is 8.66. The van der Waals surface area contributed by atoms with Crippen LogP contribution in [0.1, 0.15) is 5.56 Å². The number of rotatable bonds is 16. The van der Waals surface area contributed by atoms with Gasteiger partial charge in [-0.3, -0.25) is 13.9 Å². The third-order valence-electron chi connectivity index (χ3n) is 6.07. The number of hydrogen-bond donors (Lipinski definition) is 2. The molecule has 3 aromatic rings. The topological polar surface area (TPSA) is 157 Å². The number of nitrogens with zero attached hydrogens (tertiary/aromatic N) is 4. The van der Waals surface area contributed by atoms with Crippen molar-refractivity contribution in [2.45, 2.75) is 11.7 Å². The molecule has 0 amide bonds. The van der Waals surface area contributed by atoms with Gasteiger partial charge in [-0.25, -0.2) is 13.2 Å². The Morgan fingerprint density at radius 1 is 0.857 bits per heavy atom. The molecule has 0 saturated carbocycles. The number of methoxy groups -OCH3 is 2. The molecule has 0 spiro atoms. The molecule has 0 atom stereocenters. The first kappa shape index (κ1) is 32.8. The minimum Gasteiger partial charge on any atom is -0.383 e. The molecule has 0 radical (unpaired) electrons. The molecule has 0 saturated heterocycles. The van der Waals surface area contributed by atoms with E-state index in [0.717, 1.165) is 22.2 Å². The fraction of sp³-hybridized carbons (Fsp3) is 0.519. The number of ether oxygens (including phenoxy) is 4. The highest BCUT2D eigenvalue weighted by Crippen LogP contribution is 2.19. The van der Waals surface area contributed by atoms with Crippen LogP contribution >= 0.6 is 0 Å². The maximum atomic E-state index is 12.9. The van der Waals surface area contributed by atoms with E-state index in [0.29, 0.717) is 58.3 Å². The van der Waals surface area contributed by atoms with Crippen LogP contribution in [-0.2, 0) is 49.4 Å². The van der Waals surface area contributed by atoms with Crippen LogP contribution in [-0.4, -0.2) is 100 Å². The molecule has 0 fully saturated rings. The molecule has 0 unspecified atom stereocenters. The summed E-state index contributed by atoms with van der Waals surface area (Å²) in [7, 11) is 2.23. The first-order valence-electron chi connectivity index (χ1n) is 13.2. The lowest BCUT2D eigenvalue weighted by atomic mass is 10.1. The van der Waals surface area contributed by atoms with Crippen LogP contribution < -0.4 is 21.9 Å². The average Bonchev–Trinajstić information content (AvgIpc) is 3.30. The van der Waals surface area contributed by atoms with Gasteiger partial charge >= 0.3 is 5.69 Å². The van der Waals surface area contributed by atoms with Gasteiger partial charge in [0.05, 0.1) is 46.2 Å². The summed E-state index contributed by atoms with van der Waals surface area (Å²) in [5.41, 5.74) is 0.941. The van der Waals surface area contributed by atoms with E-state index in [2.05, 4.69) is 27.5 Å². The van der Waals surface area contributed by atoms with Crippen LogP contribution in [0.4, 0.5) is 11.4 Å².